The summed E-state index contributed by atoms with van der Waals surface area (Å²) in [5.41, 5.74) is 11.6. The molecule has 0 N–H and O–H groups in total. The van der Waals surface area contributed by atoms with Crippen molar-refractivity contribution in [1.29, 1.82) is 0 Å². The van der Waals surface area contributed by atoms with Crippen LogP contribution in [0.5, 0.6) is 0 Å². The molecule has 0 saturated carbocycles. The Morgan fingerprint density at radius 1 is 0.833 bits per heavy atom. The van der Waals surface area contributed by atoms with Crippen molar-refractivity contribution in [2.24, 2.45) is 15.0 Å². The molecule has 0 aliphatic carbocycles. The van der Waals surface area contributed by atoms with Gasteiger partial charge in [-0.2, -0.15) is 4.99 Å². The number of hydrogen-bond acceptors (Lipinski definition) is 2. The largest absolute Gasteiger partial charge is 0.315 e. The van der Waals surface area contributed by atoms with Crippen LogP contribution in [-0.2, 0) is 6.54 Å². The second-order valence-electron chi connectivity index (χ2n) is 13.0. The number of benzene rings is 4. The molecular weight excluding hydrogens is 659 g/mol. The zero-order chi connectivity index (χ0) is 38.5. The number of aromatic nitrogens is 1. The molecule has 1 heterocycles. The maximum atomic E-state index is 5.09. The smallest absolute Gasteiger partial charge is 0.236 e. The van der Waals surface area contributed by atoms with Gasteiger partial charge in [-0.15, -0.1) is 0 Å². The molecule has 0 saturated heterocycles. The van der Waals surface area contributed by atoms with Gasteiger partial charge in [0.05, 0.1) is 17.8 Å². The van der Waals surface area contributed by atoms with E-state index < -0.39 is 0 Å². The third-order valence-corrected chi connectivity index (χ3v) is 9.27. The number of anilines is 1. The molecule has 0 spiro atoms. The first-order valence-corrected chi connectivity index (χ1v) is 18.5. The van der Waals surface area contributed by atoms with Crippen molar-refractivity contribution in [2.45, 2.75) is 54.0 Å². The van der Waals surface area contributed by atoms with E-state index in [9.17, 15) is 0 Å². The van der Waals surface area contributed by atoms with Crippen LogP contribution in [-0.4, -0.2) is 23.1 Å². The summed E-state index contributed by atoms with van der Waals surface area (Å²) in [5, 5.41) is 1.11. The van der Waals surface area contributed by atoms with Gasteiger partial charge in [-0.3, -0.25) is 9.56 Å². The van der Waals surface area contributed by atoms with Crippen LogP contribution in [0.15, 0.2) is 179 Å². The molecule has 5 rings (SSSR count). The van der Waals surface area contributed by atoms with Gasteiger partial charge in [-0.05, 0) is 124 Å². The number of rotatable bonds is 13. The Morgan fingerprint density at radius 2 is 1.54 bits per heavy atom. The summed E-state index contributed by atoms with van der Waals surface area (Å²) in [6.45, 7) is 23.5. The Balaban J connectivity index is 1.60. The summed E-state index contributed by atoms with van der Waals surface area (Å²) in [7, 11) is 0. The van der Waals surface area contributed by atoms with Gasteiger partial charge in [-0.25, -0.2) is 4.99 Å². The first-order chi connectivity index (χ1) is 26.3. The zero-order valence-corrected chi connectivity index (χ0v) is 32.3. The fourth-order valence-corrected chi connectivity index (χ4v) is 6.53. The van der Waals surface area contributed by atoms with E-state index in [0.29, 0.717) is 18.3 Å². The van der Waals surface area contributed by atoms with Crippen LogP contribution in [0.25, 0.3) is 28.1 Å². The van der Waals surface area contributed by atoms with E-state index >= 15 is 0 Å². The van der Waals surface area contributed by atoms with Gasteiger partial charge in [-0.1, -0.05) is 116 Å². The maximum absolute atomic E-state index is 5.09. The SMILES string of the molecule is C=C/C(=C\C=C/C)N(C(=C)CC/C=C\C)c1ccc(-c2ccc3c(c2)c(C)c(/C=C\C)n3/C(N=C)=N/C(=N\Cc2ccccc2)c2ccccc2)cc1C. The molecule has 0 amide bonds. The maximum Gasteiger partial charge on any atom is 0.236 e. The average Bonchev–Trinajstić information content (AvgIpc) is 3.47. The molecule has 5 heteroatoms. The summed E-state index contributed by atoms with van der Waals surface area (Å²) in [6.07, 6.45) is 18.2. The predicted octanol–water partition coefficient (Wildman–Crippen LogP) is 12.8. The van der Waals surface area contributed by atoms with Gasteiger partial charge in [0.1, 0.15) is 0 Å². The van der Waals surface area contributed by atoms with Crippen molar-refractivity contribution >= 4 is 41.2 Å². The molecule has 0 aliphatic heterocycles. The van der Waals surface area contributed by atoms with E-state index in [2.05, 4.69) is 121 Å². The Bertz CT molecular complexity index is 2290. The lowest BCUT2D eigenvalue weighted by Gasteiger charge is -2.29. The Kier molecular flexibility index (Phi) is 13.6. The summed E-state index contributed by atoms with van der Waals surface area (Å²) in [4.78, 5) is 16.8. The third-order valence-electron chi connectivity index (χ3n) is 9.27. The van der Waals surface area contributed by atoms with Gasteiger partial charge in [0.25, 0.3) is 0 Å². The first kappa shape index (κ1) is 38.9. The van der Waals surface area contributed by atoms with E-state index in [1.54, 1.807) is 0 Å². The zero-order valence-electron chi connectivity index (χ0n) is 32.3. The Labute approximate surface area is 321 Å². The van der Waals surface area contributed by atoms with E-state index in [4.69, 9.17) is 9.98 Å². The molecule has 0 bridgehead atoms. The fourth-order valence-electron chi connectivity index (χ4n) is 6.53. The molecule has 0 radical (unpaired) electrons. The lowest BCUT2D eigenvalue weighted by Crippen LogP contribution is -2.21. The molecule has 4 aromatic carbocycles. The van der Waals surface area contributed by atoms with Crippen LogP contribution in [0.2, 0.25) is 0 Å². The molecule has 1 aromatic heterocycles. The Morgan fingerprint density at radius 3 is 2.19 bits per heavy atom. The number of aryl methyl sites for hydroxylation is 2. The predicted molar refractivity (Wildman–Crippen MR) is 236 cm³/mol. The molecule has 0 unspecified atom stereocenters. The lowest BCUT2D eigenvalue weighted by atomic mass is 9.99. The van der Waals surface area contributed by atoms with Gasteiger partial charge in [0.15, 0.2) is 5.84 Å². The van der Waals surface area contributed by atoms with Gasteiger partial charge in [0, 0.05) is 28.0 Å². The number of allylic oxidation sites excluding steroid dienone is 8. The minimum atomic E-state index is 0.462. The van der Waals surface area contributed by atoms with Crippen LogP contribution in [0.4, 0.5) is 5.69 Å². The quantitative estimate of drug-likeness (QED) is 0.0519. The Hall–Kier alpha value is -6.33. The summed E-state index contributed by atoms with van der Waals surface area (Å²) >= 11 is 0. The van der Waals surface area contributed by atoms with E-state index in [1.807, 2.05) is 93.6 Å². The highest BCUT2D eigenvalue weighted by Crippen LogP contribution is 2.36. The van der Waals surface area contributed by atoms with Crippen LogP contribution in [0.1, 0.15) is 61.6 Å². The first-order valence-electron chi connectivity index (χ1n) is 18.5. The van der Waals surface area contributed by atoms with Gasteiger partial charge in [0.2, 0.25) is 5.96 Å². The molecule has 5 nitrogen and oxygen atoms in total. The summed E-state index contributed by atoms with van der Waals surface area (Å²) in [6, 6.07) is 33.5. The molecule has 54 heavy (non-hydrogen) atoms. The van der Waals surface area contributed by atoms with Crippen molar-refractivity contribution in [2.75, 3.05) is 4.90 Å². The average molecular weight is 710 g/mol. The van der Waals surface area contributed by atoms with Gasteiger partial charge >= 0.3 is 0 Å². The number of aliphatic imine (C=N–C) groups is 3. The highest BCUT2D eigenvalue weighted by Gasteiger charge is 2.20. The number of amidine groups is 1. The van der Waals surface area contributed by atoms with E-state index in [0.717, 1.165) is 79.9 Å². The minimum Gasteiger partial charge on any atom is -0.315 e. The van der Waals surface area contributed by atoms with Crippen molar-refractivity contribution in [3.05, 3.63) is 192 Å². The minimum absolute atomic E-state index is 0.462. The highest BCUT2D eigenvalue weighted by molar-refractivity contribution is 6.10. The molecule has 0 aliphatic rings. The molecular formula is C49H51N5. The normalized spacial score (nSPS) is 12.7. The number of fused-ring (bicyclic) bond motifs is 1. The van der Waals surface area contributed by atoms with Crippen molar-refractivity contribution in [1.82, 2.24) is 4.57 Å². The second-order valence-corrected chi connectivity index (χ2v) is 13.0. The molecule has 0 fully saturated rings. The van der Waals surface area contributed by atoms with Crippen molar-refractivity contribution in [3.8, 4) is 11.1 Å². The number of hydrogen-bond donors (Lipinski definition) is 0. The van der Waals surface area contributed by atoms with Crippen LogP contribution in [0, 0.1) is 13.8 Å². The number of nitrogens with zero attached hydrogens (tertiary/aromatic N) is 5. The van der Waals surface area contributed by atoms with E-state index in [-0.39, 0.29) is 0 Å². The fraction of sp³-hybridized carbons (Fsp3) is 0.163. The third kappa shape index (κ3) is 8.99. The monoisotopic (exact) mass is 709 g/mol. The van der Waals surface area contributed by atoms with Gasteiger partial charge < -0.3 is 4.90 Å². The summed E-state index contributed by atoms with van der Waals surface area (Å²) in [5.74, 6) is 1.06. The van der Waals surface area contributed by atoms with Crippen molar-refractivity contribution < 1.29 is 0 Å². The topological polar surface area (TPSA) is 45.2 Å². The van der Waals surface area contributed by atoms with E-state index in [1.165, 1.54) is 0 Å². The standard InChI is InChI=1S/C49H51N5/c1-9-13-17-23-37(6)53(43(12-4)28-14-10-2)45-31-29-41(33-36(45)5)42-30-32-47-44(34-42)38(7)46(22-11-3)54(47)49(50-8)52-48(40-26-20-16-21-27-40)51-35-39-24-18-15-19-25-39/h9-16,18-22,24-34H,4,6,8,17,23,35H2,1-3,5,7H3/b13-9-,14-10-,22-11-,43-28+,51-48-,52-49+. The van der Waals surface area contributed by atoms with Crippen molar-refractivity contribution in [3.63, 3.8) is 0 Å². The molecule has 5 aromatic rings. The van der Waals surface area contributed by atoms with Crippen LogP contribution in [0.3, 0.4) is 0 Å². The van der Waals surface area contributed by atoms with Crippen LogP contribution < -0.4 is 4.90 Å². The molecule has 272 valence electrons. The van der Waals surface area contributed by atoms with Crippen LogP contribution >= 0.6 is 0 Å². The highest BCUT2D eigenvalue weighted by atomic mass is 15.2. The molecule has 0 atom stereocenters. The second kappa shape index (κ2) is 19.0. The lowest BCUT2D eigenvalue weighted by molar-refractivity contribution is 0.917. The summed E-state index contributed by atoms with van der Waals surface area (Å²) < 4.78 is 2.09.